The Morgan fingerprint density at radius 2 is 2.14 bits per heavy atom. The van der Waals surface area contributed by atoms with Gasteiger partial charge in [-0.15, -0.1) is 0 Å². The fraction of sp³-hybridized carbons (Fsp3) is 0.273. The Kier molecular flexibility index (Phi) is 2.61. The van der Waals surface area contributed by atoms with Crippen molar-refractivity contribution in [1.29, 1.82) is 0 Å². The highest BCUT2D eigenvalue weighted by molar-refractivity contribution is 9.10. The largest absolute Gasteiger partial charge is 0.344 e. The maximum absolute atomic E-state index is 5.70. The zero-order valence-corrected chi connectivity index (χ0v) is 9.71. The van der Waals surface area contributed by atoms with Crippen LogP contribution in [0.25, 0.3) is 10.9 Å². The van der Waals surface area contributed by atoms with Gasteiger partial charge in [0.25, 0.3) is 0 Å². The van der Waals surface area contributed by atoms with Gasteiger partial charge in [0.05, 0.1) is 0 Å². The second-order valence-electron chi connectivity index (χ2n) is 3.29. The first-order chi connectivity index (χ1) is 6.76. The van der Waals surface area contributed by atoms with Gasteiger partial charge in [-0.25, -0.2) is 0 Å². The molecular formula is C11H13BrN2. The summed E-state index contributed by atoms with van der Waals surface area (Å²) in [4.78, 5) is 0. The Bertz CT molecular complexity index is 460. The van der Waals surface area contributed by atoms with Crippen molar-refractivity contribution in [3.63, 3.8) is 0 Å². The van der Waals surface area contributed by atoms with Crippen molar-refractivity contribution in [2.24, 2.45) is 5.73 Å². The third-order valence-corrected chi connectivity index (χ3v) is 2.97. The van der Waals surface area contributed by atoms with Crippen LogP contribution in [-0.4, -0.2) is 4.57 Å². The zero-order valence-electron chi connectivity index (χ0n) is 8.13. The summed E-state index contributed by atoms with van der Waals surface area (Å²) < 4.78 is 3.36. The molecule has 2 aromatic rings. The molecule has 2 nitrogen and oxygen atoms in total. The van der Waals surface area contributed by atoms with Gasteiger partial charge in [0, 0.05) is 28.8 Å². The van der Waals surface area contributed by atoms with Crippen molar-refractivity contribution in [3.05, 3.63) is 34.4 Å². The van der Waals surface area contributed by atoms with Crippen LogP contribution in [0.15, 0.2) is 28.7 Å². The number of halogens is 1. The molecule has 0 spiro atoms. The third kappa shape index (κ3) is 1.47. The summed E-state index contributed by atoms with van der Waals surface area (Å²) in [6.45, 7) is 3.70. The van der Waals surface area contributed by atoms with E-state index in [2.05, 4.69) is 51.7 Å². The van der Waals surface area contributed by atoms with Gasteiger partial charge >= 0.3 is 0 Å². The van der Waals surface area contributed by atoms with E-state index in [1.54, 1.807) is 0 Å². The SMILES string of the molecule is CCn1c(CN)cc2ccc(Br)cc21. The number of aromatic nitrogens is 1. The number of fused-ring (bicyclic) bond motifs is 1. The van der Waals surface area contributed by atoms with E-state index in [0.717, 1.165) is 11.0 Å². The second kappa shape index (κ2) is 3.75. The lowest BCUT2D eigenvalue weighted by Crippen LogP contribution is -2.05. The van der Waals surface area contributed by atoms with Crippen molar-refractivity contribution in [3.8, 4) is 0 Å². The Morgan fingerprint density at radius 3 is 2.79 bits per heavy atom. The van der Waals surface area contributed by atoms with Crippen LogP contribution in [-0.2, 0) is 13.1 Å². The number of aryl methyl sites for hydroxylation is 1. The van der Waals surface area contributed by atoms with E-state index >= 15 is 0 Å². The maximum Gasteiger partial charge on any atom is 0.0494 e. The lowest BCUT2D eigenvalue weighted by Gasteiger charge is -2.05. The predicted octanol–water partition coefficient (Wildman–Crippen LogP) is 2.88. The van der Waals surface area contributed by atoms with Gasteiger partial charge in [0.2, 0.25) is 0 Å². The normalized spacial score (nSPS) is 11.1. The minimum absolute atomic E-state index is 0.597. The van der Waals surface area contributed by atoms with Crippen LogP contribution in [0.3, 0.4) is 0 Å². The highest BCUT2D eigenvalue weighted by Crippen LogP contribution is 2.23. The molecule has 1 heterocycles. The smallest absolute Gasteiger partial charge is 0.0494 e. The van der Waals surface area contributed by atoms with E-state index in [-0.39, 0.29) is 0 Å². The molecule has 0 amide bonds. The molecule has 0 atom stereocenters. The summed E-state index contributed by atoms with van der Waals surface area (Å²) in [7, 11) is 0. The third-order valence-electron chi connectivity index (χ3n) is 2.48. The molecule has 0 aliphatic heterocycles. The number of rotatable bonds is 2. The lowest BCUT2D eigenvalue weighted by atomic mass is 10.2. The Balaban J connectivity index is 2.74. The molecule has 0 fully saturated rings. The van der Waals surface area contributed by atoms with Gasteiger partial charge in [-0.3, -0.25) is 0 Å². The standard InChI is InChI=1S/C11H13BrN2/c1-2-14-10(7-13)5-8-3-4-9(12)6-11(8)14/h3-6H,2,7,13H2,1H3. The molecule has 0 saturated carbocycles. The topological polar surface area (TPSA) is 30.9 Å². The van der Waals surface area contributed by atoms with Crippen molar-refractivity contribution < 1.29 is 0 Å². The lowest BCUT2D eigenvalue weighted by molar-refractivity contribution is 0.739. The fourth-order valence-electron chi connectivity index (χ4n) is 1.83. The van der Waals surface area contributed by atoms with Crippen molar-refractivity contribution >= 4 is 26.8 Å². The monoisotopic (exact) mass is 252 g/mol. The van der Waals surface area contributed by atoms with E-state index in [4.69, 9.17) is 5.73 Å². The molecule has 0 aliphatic carbocycles. The summed E-state index contributed by atoms with van der Waals surface area (Å²) in [6, 6.07) is 8.47. The Labute approximate surface area is 91.8 Å². The van der Waals surface area contributed by atoms with Crippen molar-refractivity contribution in [2.45, 2.75) is 20.0 Å². The van der Waals surface area contributed by atoms with Crippen LogP contribution in [0.5, 0.6) is 0 Å². The molecule has 2 rings (SSSR count). The number of hydrogen-bond donors (Lipinski definition) is 1. The highest BCUT2D eigenvalue weighted by Gasteiger charge is 2.05. The molecule has 0 saturated heterocycles. The van der Waals surface area contributed by atoms with E-state index in [9.17, 15) is 0 Å². The molecular weight excluding hydrogens is 240 g/mol. The van der Waals surface area contributed by atoms with E-state index in [1.165, 1.54) is 16.6 Å². The molecule has 1 aromatic heterocycles. The van der Waals surface area contributed by atoms with Gasteiger partial charge in [0.15, 0.2) is 0 Å². The van der Waals surface area contributed by atoms with Crippen LogP contribution in [0.4, 0.5) is 0 Å². The first kappa shape index (κ1) is 9.74. The van der Waals surface area contributed by atoms with Crippen LogP contribution < -0.4 is 5.73 Å². The molecule has 0 unspecified atom stereocenters. The van der Waals surface area contributed by atoms with Gasteiger partial charge in [0.1, 0.15) is 0 Å². The maximum atomic E-state index is 5.70. The van der Waals surface area contributed by atoms with Crippen LogP contribution in [0, 0.1) is 0 Å². The van der Waals surface area contributed by atoms with E-state index < -0.39 is 0 Å². The van der Waals surface area contributed by atoms with Crippen LogP contribution in [0.2, 0.25) is 0 Å². The number of nitrogens with zero attached hydrogens (tertiary/aromatic N) is 1. The molecule has 0 radical (unpaired) electrons. The number of benzene rings is 1. The highest BCUT2D eigenvalue weighted by atomic mass is 79.9. The molecule has 2 N–H and O–H groups in total. The molecule has 1 aromatic carbocycles. The molecule has 0 aliphatic rings. The Morgan fingerprint density at radius 1 is 1.36 bits per heavy atom. The van der Waals surface area contributed by atoms with Gasteiger partial charge in [-0.05, 0) is 30.5 Å². The summed E-state index contributed by atoms with van der Waals surface area (Å²) >= 11 is 3.48. The quantitative estimate of drug-likeness (QED) is 0.876. The van der Waals surface area contributed by atoms with Gasteiger partial charge < -0.3 is 10.3 Å². The average molecular weight is 253 g/mol. The second-order valence-corrected chi connectivity index (χ2v) is 4.20. The van der Waals surface area contributed by atoms with Gasteiger partial charge in [-0.2, -0.15) is 0 Å². The Hall–Kier alpha value is -0.800. The first-order valence-electron chi connectivity index (χ1n) is 4.74. The minimum Gasteiger partial charge on any atom is -0.344 e. The summed E-state index contributed by atoms with van der Waals surface area (Å²) in [5, 5.41) is 1.26. The molecule has 0 bridgehead atoms. The molecule has 14 heavy (non-hydrogen) atoms. The van der Waals surface area contributed by atoms with Gasteiger partial charge in [-0.1, -0.05) is 22.0 Å². The van der Waals surface area contributed by atoms with E-state index in [1.807, 2.05) is 0 Å². The fourth-order valence-corrected chi connectivity index (χ4v) is 2.18. The molecule has 3 heteroatoms. The van der Waals surface area contributed by atoms with Crippen LogP contribution in [0.1, 0.15) is 12.6 Å². The summed E-state index contributed by atoms with van der Waals surface area (Å²) in [5.41, 5.74) is 8.14. The summed E-state index contributed by atoms with van der Waals surface area (Å²) in [5.74, 6) is 0. The molecule has 74 valence electrons. The van der Waals surface area contributed by atoms with Crippen molar-refractivity contribution in [2.75, 3.05) is 0 Å². The first-order valence-corrected chi connectivity index (χ1v) is 5.53. The minimum atomic E-state index is 0.597. The zero-order chi connectivity index (χ0) is 10.1. The number of nitrogens with two attached hydrogens (primary N) is 1. The number of hydrogen-bond acceptors (Lipinski definition) is 1. The predicted molar refractivity (Wildman–Crippen MR) is 63.2 cm³/mol. The van der Waals surface area contributed by atoms with Crippen molar-refractivity contribution in [1.82, 2.24) is 4.57 Å². The van der Waals surface area contributed by atoms with E-state index in [0.29, 0.717) is 6.54 Å². The van der Waals surface area contributed by atoms with Crippen LogP contribution >= 0.6 is 15.9 Å². The summed E-state index contributed by atoms with van der Waals surface area (Å²) in [6.07, 6.45) is 0. The average Bonchev–Trinajstić information content (AvgIpc) is 2.54.